The minimum absolute atomic E-state index is 0.470. The fourth-order valence-electron chi connectivity index (χ4n) is 2.24. The Morgan fingerprint density at radius 2 is 1.93 bits per heavy atom. The van der Waals surface area contributed by atoms with E-state index in [1.807, 2.05) is 12.1 Å². The molecule has 0 atom stereocenters. The van der Waals surface area contributed by atoms with Crippen LogP contribution in [0.15, 0.2) is 24.3 Å². The molecule has 0 spiro atoms. The van der Waals surface area contributed by atoms with E-state index in [1.165, 1.54) is 5.56 Å². The molecular formula is C13H19NO. The third-order valence-corrected chi connectivity index (χ3v) is 3.29. The molecule has 1 aromatic carbocycles. The molecule has 15 heavy (non-hydrogen) atoms. The zero-order chi connectivity index (χ0) is 10.7. The van der Waals surface area contributed by atoms with Crippen LogP contribution >= 0.6 is 0 Å². The highest BCUT2D eigenvalue weighted by Crippen LogP contribution is 2.29. The Balaban J connectivity index is 1.95. The lowest BCUT2D eigenvalue weighted by molar-refractivity contribution is 0.0614. The molecule has 1 saturated carbocycles. The van der Waals surface area contributed by atoms with Crippen LogP contribution in [0.3, 0.4) is 0 Å². The maximum absolute atomic E-state index is 10.2. The lowest BCUT2D eigenvalue weighted by Crippen LogP contribution is -2.33. The molecule has 0 heterocycles. The first-order valence-electron chi connectivity index (χ1n) is 5.72. The van der Waals surface area contributed by atoms with Crippen molar-refractivity contribution in [1.82, 2.24) is 0 Å². The third kappa shape index (κ3) is 2.51. The quantitative estimate of drug-likeness (QED) is 0.795. The van der Waals surface area contributed by atoms with E-state index in [0.717, 1.165) is 31.4 Å². The molecule has 0 unspecified atom stereocenters. The fourth-order valence-corrected chi connectivity index (χ4v) is 2.24. The molecule has 82 valence electrons. The number of benzene rings is 1. The molecule has 0 aliphatic heterocycles. The summed E-state index contributed by atoms with van der Waals surface area (Å²) in [6.45, 7) is 2.76. The Kier molecular flexibility index (Phi) is 2.96. The van der Waals surface area contributed by atoms with Crippen LogP contribution in [0, 0.1) is 6.92 Å². The molecule has 1 aromatic rings. The van der Waals surface area contributed by atoms with Crippen molar-refractivity contribution in [3.8, 4) is 0 Å². The van der Waals surface area contributed by atoms with Gasteiger partial charge in [-0.3, -0.25) is 0 Å². The normalized spacial score (nSPS) is 19.1. The predicted molar refractivity (Wildman–Crippen MR) is 63.1 cm³/mol. The van der Waals surface area contributed by atoms with Crippen molar-refractivity contribution in [2.45, 2.75) is 38.2 Å². The fraction of sp³-hybridized carbons (Fsp3) is 0.538. The van der Waals surface area contributed by atoms with Gasteiger partial charge in [0.1, 0.15) is 0 Å². The van der Waals surface area contributed by atoms with E-state index in [0.29, 0.717) is 6.54 Å². The van der Waals surface area contributed by atoms with Crippen molar-refractivity contribution in [3.63, 3.8) is 0 Å². The summed E-state index contributed by atoms with van der Waals surface area (Å²) in [4.78, 5) is 0. The Bertz CT molecular complexity index is 329. The van der Waals surface area contributed by atoms with Crippen molar-refractivity contribution in [1.29, 1.82) is 0 Å². The third-order valence-electron chi connectivity index (χ3n) is 3.29. The van der Waals surface area contributed by atoms with Gasteiger partial charge in [-0.05, 0) is 31.4 Å². The number of hydrogen-bond donors (Lipinski definition) is 2. The first-order chi connectivity index (χ1) is 7.20. The van der Waals surface area contributed by atoms with Crippen LogP contribution in [0.2, 0.25) is 0 Å². The van der Waals surface area contributed by atoms with Gasteiger partial charge < -0.3 is 10.4 Å². The highest BCUT2D eigenvalue weighted by Gasteiger charge is 2.30. The highest BCUT2D eigenvalue weighted by atomic mass is 16.3. The van der Waals surface area contributed by atoms with Gasteiger partial charge in [-0.15, -0.1) is 0 Å². The van der Waals surface area contributed by atoms with Crippen LogP contribution < -0.4 is 5.32 Å². The smallest absolute Gasteiger partial charge is 0.0819 e. The zero-order valence-corrected chi connectivity index (χ0v) is 9.29. The van der Waals surface area contributed by atoms with Crippen LogP contribution in [0.5, 0.6) is 0 Å². The van der Waals surface area contributed by atoms with Gasteiger partial charge in [0, 0.05) is 12.2 Å². The Morgan fingerprint density at radius 3 is 2.60 bits per heavy atom. The second kappa shape index (κ2) is 4.23. The van der Waals surface area contributed by atoms with Crippen LogP contribution in [0.25, 0.3) is 0 Å². The van der Waals surface area contributed by atoms with Crippen molar-refractivity contribution < 1.29 is 5.11 Å². The monoisotopic (exact) mass is 205 g/mol. The lowest BCUT2D eigenvalue weighted by Gasteiger charge is -2.23. The van der Waals surface area contributed by atoms with Crippen LogP contribution in [0.1, 0.15) is 31.2 Å². The predicted octanol–water partition coefficient (Wildman–Crippen LogP) is 2.71. The molecule has 0 radical (unpaired) electrons. The van der Waals surface area contributed by atoms with E-state index in [-0.39, 0.29) is 0 Å². The molecule has 0 bridgehead atoms. The Morgan fingerprint density at radius 1 is 1.27 bits per heavy atom. The molecule has 1 aliphatic carbocycles. The zero-order valence-electron chi connectivity index (χ0n) is 9.29. The van der Waals surface area contributed by atoms with E-state index >= 15 is 0 Å². The summed E-state index contributed by atoms with van der Waals surface area (Å²) in [5.41, 5.74) is 1.90. The average molecular weight is 205 g/mol. The van der Waals surface area contributed by atoms with E-state index in [9.17, 15) is 5.11 Å². The standard InChI is InChI=1S/C13H19NO/c1-11-6-2-3-7-12(11)14-10-13(15)8-4-5-9-13/h2-3,6-7,14-15H,4-5,8-10H2,1H3. The molecule has 0 saturated heterocycles. The summed E-state index contributed by atoms with van der Waals surface area (Å²) in [6.07, 6.45) is 4.19. The maximum atomic E-state index is 10.2. The summed E-state index contributed by atoms with van der Waals surface area (Å²) in [6, 6.07) is 8.20. The molecule has 1 fully saturated rings. The van der Waals surface area contributed by atoms with Gasteiger partial charge in [-0.2, -0.15) is 0 Å². The van der Waals surface area contributed by atoms with Crippen LogP contribution in [0.4, 0.5) is 5.69 Å². The molecule has 2 N–H and O–H groups in total. The van der Waals surface area contributed by atoms with Gasteiger partial charge in [0.25, 0.3) is 0 Å². The van der Waals surface area contributed by atoms with E-state index in [2.05, 4.69) is 24.4 Å². The number of rotatable bonds is 3. The average Bonchev–Trinajstić information content (AvgIpc) is 2.65. The number of aryl methyl sites for hydroxylation is 1. The van der Waals surface area contributed by atoms with Gasteiger partial charge in [-0.25, -0.2) is 0 Å². The summed E-state index contributed by atoms with van der Waals surface area (Å²) in [7, 11) is 0. The van der Waals surface area contributed by atoms with Gasteiger partial charge >= 0.3 is 0 Å². The second-order valence-electron chi connectivity index (χ2n) is 4.60. The minimum atomic E-state index is -0.470. The van der Waals surface area contributed by atoms with E-state index < -0.39 is 5.60 Å². The van der Waals surface area contributed by atoms with Crippen LogP contribution in [-0.2, 0) is 0 Å². The number of anilines is 1. The van der Waals surface area contributed by atoms with E-state index in [4.69, 9.17) is 0 Å². The van der Waals surface area contributed by atoms with Gasteiger partial charge in [-0.1, -0.05) is 31.0 Å². The number of para-hydroxylation sites is 1. The van der Waals surface area contributed by atoms with E-state index in [1.54, 1.807) is 0 Å². The molecule has 1 aliphatic rings. The van der Waals surface area contributed by atoms with Gasteiger partial charge in [0.05, 0.1) is 5.60 Å². The van der Waals surface area contributed by atoms with Crippen LogP contribution in [-0.4, -0.2) is 17.3 Å². The van der Waals surface area contributed by atoms with Gasteiger partial charge in [0.15, 0.2) is 0 Å². The molecule has 2 nitrogen and oxygen atoms in total. The Labute approximate surface area is 91.3 Å². The first kappa shape index (κ1) is 10.5. The summed E-state index contributed by atoms with van der Waals surface area (Å²) in [5.74, 6) is 0. The summed E-state index contributed by atoms with van der Waals surface area (Å²) < 4.78 is 0. The number of aliphatic hydroxyl groups is 1. The topological polar surface area (TPSA) is 32.3 Å². The second-order valence-corrected chi connectivity index (χ2v) is 4.60. The molecule has 2 heteroatoms. The van der Waals surface area contributed by atoms with Crippen molar-refractivity contribution >= 4 is 5.69 Å². The first-order valence-corrected chi connectivity index (χ1v) is 5.72. The Hall–Kier alpha value is -1.02. The maximum Gasteiger partial charge on any atom is 0.0819 e. The summed E-state index contributed by atoms with van der Waals surface area (Å²) >= 11 is 0. The molecular weight excluding hydrogens is 186 g/mol. The highest BCUT2D eigenvalue weighted by molar-refractivity contribution is 5.50. The lowest BCUT2D eigenvalue weighted by atomic mass is 10.0. The SMILES string of the molecule is Cc1ccccc1NCC1(O)CCCC1. The number of hydrogen-bond acceptors (Lipinski definition) is 2. The van der Waals surface area contributed by atoms with Crippen molar-refractivity contribution in [2.75, 3.05) is 11.9 Å². The molecule has 2 rings (SSSR count). The molecule has 0 aromatic heterocycles. The minimum Gasteiger partial charge on any atom is -0.388 e. The van der Waals surface area contributed by atoms with Crippen molar-refractivity contribution in [2.24, 2.45) is 0 Å². The molecule has 0 amide bonds. The number of nitrogens with one attached hydrogen (secondary N) is 1. The van der Waals surface area contributed by atoms with Gasteiger partial charge in [0.2, 0.25) is 0 Å². The largest absolute Gasteiger partial charge is 0.388 e. The summed E-state index contributed by atoms with van der Waals surface area (Å²) in [5, 5.41) is 13.5. The van der Waals surface area contributed by atoms with Crippen molar-refractivity contribution in [3.05, 3.63) is 29.8 Å².